The molecule has 0 bridgehead atoms. The Bertz CT molecular complexity index is 490. The van der Waals surface area contributed by atoms with Gasteiger partial charge in [0, 0.05) is 30.0 Å². The first-order valence-electron chi connectivity index (χ1n) is 7.31. The molecular weight excluding hydrogens is 274 g/mol. The number of aromatic nitrogens is 2. The number of halogens is 1. The lowest BCUT2D eigenvalue weighted by molar-refractivity contribution is -0.0976. The van der Waals surface area contributed by atoms with Crippen LogP contribution in [0.2, 0.25) is 5.15 Å². The summed E-state index contributed by atoms with van der Waals surface area (Å²) in [6, 6.07) is 0.355. The summed E-state index contributed by atoms with van der Waals surface area (Å²) in [5.74, 6) is 1.64. The van der Waals surface area contributed by atoms with Crippen molar-refractivity contribution in [2.75, 3.05) is 11.9 Å². The Morgan fingerprint density at radius 3 is 2.60 bits per heavy atom. The molecule has 0 saturated heterocycles. The van der Waals surface area contributed by atoms with Gasteiger partial charge in [-0.2, -0.15) is 0 Å². The zero-order valence-electron chi connectivity index (χ0n) is 13.0. The lowest BCUT2D eigenvalue weighted by Gasteiger charge is -2.51. The fraction of sp³-hybridized carbons (Fsp3) is 0.733. The smallest absolute Gasteiger partial charge is 0.137 e. The van der Waals surface area contributed by atoms with Crippen molar-refractivity contribution in [3.8, 4) is 0 Å². The van der Waals surface area contributed by atoms with Crippen molar-refractivity contribution in [1.29, 1.82) is 0 Å². The van der Waals surface area contributed by atoms with Crippen molar-refractivity contribution in [2.24, 2.45) is 5.41 Å². The monoisotopic (exact) mass is 297 g/mol. The minimum atomic E-state index is 0.103. The van der Waals surface area contributed by atoms with Crippen LogP contribution in [0.3, 0.4) is 0 Å². The van der Waals surface area contributed by atoms with E-state index in [-0.39, 0.29) is 5.41 Å². The molecule has 2 rings (SSSR count). The van der Waals surface area contributed by atoms with Crippen LogP contribution in [0.5, 0.6) is 0 Å². The fourth-order valence-electron chi connectivity index (χ4n) is 2.61. The molecule has 1 fully saturated rings. The van der Waals surface area contributed by atoms with Crippen LogP contribution in [-0.4, -0.2) is 28.7 Å². The van der Waals surface area contributed by atoms with E-state index in [2.05, 4.69) is 29.1 Å². The highest BCUT2D eigenvalue weighted by molar-refractivity contribution is 6.30. The summed E-state index contributed by atoms with van der Waals surface area (Å²) in [5.41, 5.74) is 1.02. The first kappa shape index (κ1) is 15.5. The number of ether oxygens (including phenoxy) is 1. The van der Waals surface area contributed by atoms with Gasteiger partial charge in [-0.15, -0.1) is 0 Å². The molecule has 20 heavy (non-hydrogen) atoms. The molecule has 0 spiro atoms. The third kappa shape index (κ3) is 2.77. The SMILES string of the molecule is CCOC1CC(Nc2nc(CC)nc(Cl)c2C)C1(C)C. The van der Waals surface area contributed by atoms with Crippen LogP contribution < -0.4 is 5.32 Å². The first-order chi connectivity index (χ1) is 9.40. The molecule has 1 saturated carbocycles. The summed E-state index contributed by atoms with van der Waals surface area (Å²) in [6.45, 7) is 11.2. The summed E-state index contributed by atoms with van der Waals surface area (Å²) in [6.07, 6.45) is 2.10. The molecule has 1 aliphatic rings. The normalized spacial score (nSPS) is 24.3. The molecule has 1 aromatic heterocycles. The Kier molecular flexibility index (Phi) is 4.55. The molecule has 0 radical (unpaired) electrons. The predicted molar refractivity (Wildman–Crippen MR) is 82.4 cm³/mol. The van der Waals surface area contributed by atoms with E-state index in [1.54, 1.807) is 0 Å². The average molecular weight is 298 g/mol. The van der Waals surface area contributed by atoms with Crippen LogP contribution in [0, 0.1) is 12.3 Å². The lowest BCUT2D eigenvalue weighted by atomic mass is 9.64. The molecule has 112 valence electrons. The summed E-state index contributed by atoms with van der Waals surface area (Å²) < 4.78 is 5.76. The third-order valence-electron chi connectivity index (χ3n) is 4.31. The zero-order chi connectivity index (χ0) is 14.9. The molecule has 4 nitrogen and oxygen atoms in total. The highest BCUT2D eigenvalue weighted by Crippen LogP contribution is 2.44. The van der Waals surface area contributed by atoms with Crippen molar-refractivity contribution < 1.29 is 4.74 Å². The fourth-order valence-corrected chi connectivity index (χ4v) is 2.80. The van der Waals surface area contributed by atoms with Gasteiger partial charge in [0.15, 0.2) is 0 Å². The van der Waals surface area contributed by atoms with Crippen molar-refractivity contribution in [3.05, 3.63) is 16.5 Å². The molecule has 2 atom stereocenters. The van der Waals surface area contributed by atoms with Crippen LogP contribution >= 0.6 is 11.6 Å². The first-order valence-corrected chi connectivity index (χ1v) is 7.69. The molecule has 0 aliphatic heterocycles. The van der Waals surface area contributed by atoms with E-state index >= 15 is 0 Å². The Hall–Kier alpha value is -0.870. The lowest BCUT2D eigenvalue weighted by Crippen LogP contribution is -2.58. The number of anilines is 1. The number of aryl methyl sites for hydroxylation is 1. The van der Waals surface area contributed by atoms with E-state index in [4.69, 9.17) is 16.3 Å². The van der Waals surface area contributed by atoms with Gasteiger partial charge < -0.3 is 10.1 Å². The standard InChI is InChI=1S/C15H24ClN3O/c1-6-12-18-13(16)9(3)14(19-12)17-10-8-11(20-7-2)15(10,4)5/h10-11H,6-8H2,1-5H3,(H,17,18,19). The number of nitrogens with one attached hydrogen (secondary N) is 1. The van der Waals surface area contributed by atoms with E-state index in [1.165, 1.54) is 0 Å². The van der Waals surface area contributed by atoms with E-state index in [0.717, 1.165) is 36.7 Å². The summed E-state index contributed by atoms with van der Waals surface area (Å²) in [5, 5.41) is 4.06. The zero-order valence-corrected chi connectivity index (χ0v) is 13.7. The Morgan fingerprint density at radius 1 is 1.35 bits per heavy atom. The van der Waals surface area contributed by atoms with Gasteiger partial charge in [-0.25, -0.2) is 9.97 Å². The van der Waals surface area contributed by atoms with Crippen LogP contribution in [0.25, 0.3) is 0 Å². The average Bonchev–Trinajstić information content (AvgIpc) is 2.42. The summed E-state index contributed by atoms with van der Waals surface area (Å²) >= 11 is 6.18. The van der Waals surface area contributed by atoms with E-state index in [1.807, 2.05) is 20.8 Å². The Labute approximate surface area is 126 Å². The van der Waals surface area contributed by atoms with Gasteiger partial charge in [0.25, 0.3) is 0 Å². The van der Waals surface area contributed by atoms with Crippen molar-refractivity contribution >= 4 is 17.4 Å². The number of hydrogen-bond donors (Lipinski definition) is 1. The van der Waals surface area contributed by atoms with Gasteiger partial charge in [-0.3, -0.25) is 0 Å². The molecular formula is C15H24ClN3O. The molecule has 5 heteroatoms. The van der Waals surface area contributed by atoms with E-state index in [0.29, 0.717) is 17.3 Å². The van der Waals surface area contributed by atoms with Gasteiger partial charge in [-0.05, 0) is 20.3 Å². The predicted octanol–water partition coefficient (Wildman–Crippen LogP) is 3.62. The molecule has 1 aromatic rings. The van der Waals surface area contributed by atoms with Crippen LogP contribution in [0.4, 0.5) is 5.82 Å². The second-order valence-corrected chi connectivity index (χ2v) is 6.31. The van der Waals surface area contributed by atoms with Crippen LogP contribution in [0.1, 0.15) is 45.5 Å². The highest BCUT2D eigenvalue weighted by Gasteiger charge is 2.49. The largest absolute Gasteiger partial charge is 0.378 e. The topological polar surface area (TPSA) is 47.0 Å². The van der Waals surface area contributed by atoms with Crippen molar-refractivity contribution in [3.63, 3.8) is 0 Å². The number of nitrogens with zero attached hydrogens (tertiary/aromatic N) is 2. The molecule has 1 heterocycles. The van der Waals surface area contributed by atoms with E-state index in [9.17, 15) is 0 Å². The highest BCUT2D eigenvalue weighted by atomic mass is 35.5. The minimum Gasteiger partial charge on any atom is -0.378 e. The summed E-state index contributed by atoms with van der Waals surface area (Å²) in [4.78, 5) is 8.84. The van der Waals surface area contributed by atoms with Crippen molar-refractivity contribution in [2.45, 2.75) is 59.6 Å². The van der Waals surface area contributed by atoms with E-state index < -0.39 is 0 Å². The molecule has 0 aromatic carbocycles. The van der Waals surface area contributed by atoms with Crippen molar-refractivity contribution in [1.82, 2.24) is 9.97 Å². The second kappa shape index (κ2) is 5.86. The Morgan fingerprint density at radius 2 is 2.05 bits per heavy atom. The maximum Gasteiger partial charge on any atom is 0.137 e. The number of hydrogen-bond acceptors (Lipinski definition) is 4. The van der Waals surface area contributed by atoms with Gasteiger partial charge in [0.1, 0.15) is 16.8 Å². The molecule has 2 unspecified atom stereocenters. The molecule has 0 amide bonds. The minimum absolute atomic E-state index is 0.103. The number of rotatable bonds is 5. The molecule has 1 N–H and O–H groups in total. The van der Waals surface area contributed by atoms with Gasteiger partial charge in [0.05, 0.1) is 6.10 Å². The Balaban J connectivity index is 2.14. The van der Waals surface area contributed by atoms with Gasteiger partial charge >= 0.3 is 0 Å². The summed E-state index contributed by atoms with van der Waals surface area (Å²) in [7, 11) is 0. The van der Waals surface area contributed by atoms with Gasteiger partial charge in [-0.1, -0.05) is 32.4 Å². The second-order valence-electron chi connectivity index (χ2n) is 5.96. The van der Waals surface area contributed by atoms with Crippen LogP contribution in [0.15, 0.2) is 0 Å². The quantitative estimate of drug-likeness (QED) is 0.843. The molecule has 1 aliphatic carbocycles. The third-order valence-corrected chi connectivity index (χ3v) is 4.67. The maximum atomic E-state index is 6.18. The van der Waals surface area contributed by atoms with Gasteiger partial charge in [0.2, 0.25) is 0 Å². The van der Waals surface area contributed by atoms with Crippen LogP contribution in [-0.2, 0) is 11.2 Å². The maximum absolute atomic E-state index is 6.18.